The summed E-state index contributed by atoms with van der Waals surface area (Å²) in [6, 6.07) is 0. The molecule has 0 bridgehead atoms. The van der Waals surface area contributed by atoms with E-state index in [2.05, 4.69) is 5.32 Å². The largest absolute Gasteiger partial charge is 0.481 e. The van der Waals surface area contributed by atoms with Gasteiger partial charge in [0.2, 0.25) is 11.8 Å². The van der Waals surface area contributed by atoms with E-state index in [0.717, 1.165) is 19.4 Å². The molecule has 3 aliphatic rings. The van der Waals surface area contributed by atoms with Gasteiger partial charge in [0.25, 0.3) is 0 Å². The van der Waals surface area contributed by atoms with Crippen LogP contribution in [0.25, 0.3) is 0 Å². The number of hydrogen-bond donors (Lipinski definition) is 2. The van der Waals surface area contributed by atoms with E-state index in [9.17, 15) is 14.4 Å². The molecule has 19 heavy (non-hydrogen) atoms. The number of carbonyl (C=O) groups excluding carboxylic acids is 2. The third kappa shape index (κ3) is 2.19. The Labute approximate surface area is 111 Å². The standard InChI is InChI=1S/C13H18N2O4/c16-10-6-13(7-14-10)1-3-15(4-2-13)11(17)8-5-9(8)12(18)19/h8-9H,1-7H2,(H,14,16)(H,18,19). The minimum Gasteiger partial charge on any atom is -0.481 e. The highest BCUT2D eigenvalue weighted by molar-refractivity contribution is 5.89. The number of nitrogens with one attached hydrogen (secondary N) is 1. The Morgan fingerprint density at radius 3 is 2.42 bits per heavy atom. The van der Waals surface area contributed by atoms with E-state index in [1.54, 1.807) is 4.90 Å². The van der Waals surface area contributed by atoms with E-state index in [4.69, 9.17) is 5.11 Å². The second kappa shape index (κ2) is 4.21. The van der Waals surface area contributed by atoms with Gasteiger partial charge < -0.3 is 15.3 Å². The topological polar surface area (TPSA) is 86.7 Å². The Morgan fingerprint density at radius 2 is 1.95 bits per heavy atom. The van der Waals surface area contributed by atoms with Crippen molar-refractivity contribution in [3.8, 4) is 0 Å². The summed E-state index contributed by atoms with van der Waals surface area (Å²) in [7, 11) is 0. The van der Waals surface area contributed by atoms with Crippen LogP contribution < -0.4 is 5.32 Å². The first-order valence-corrected chi connectivity index (χ1v) is 6.79. The lowest BCUT2D eigenvalue weighted by molar-refractivity contribution is -0.142. The van der Waals surface area contributed by atoms with Crippen LogP contribution in [-0.4, -0.2) is 47.4 Å². The fraction of sp³-hybridized carbons (Fsp3) is 0.769. The zero-order chi connectivity index (χ0) is 13.6. The van der Waals surface area contributed by atoms with E-state index >= 15 is 0 Å². The van der Waals surface area contributed by atoms with Crippen molar-refractivity contribution in [1.82, 2.24) is 10.2 Å². The zero-order valence-electron chi connectivity index (χ0n) is 10.7. The van der Waals surface area contributed by atoms with Crippen molar-refractivity contribution in [1.29, 1.82) is 0 Å². The van der Waals surface area contributed by atoms with Crippen molar-refractivity contribution >= 4 is 17.8 Å². The average molecular weight is 266 g/mol. The van der Waals surface area contributed by atoms with Gasteiger partial charge in [-0.2, -0.15) is 0 Å². The minimum atomic E-state index is -0.864. The Hall–Kier alpha value is -1.59. The molecule has 2 aliphatic heterocycles. The van der Waals surface area contributed by atoms with Crippen molar-refractivity contribution in [2.75, 3.05) is 19.6 Å². The molecule has 0 aromatic rings. The molecule has 2 atom stereocenters. The second-order valence-electron chi connectivity index (χ2n) is 6.07. The van der Waals surface area contributed by atoms with Gasteiger partial charge in [-0.1, -0.05) is 0 Å². The number of carbonyl (C=O) groups is 3. The molecule has 1 aliphatic carbocycles. The molecular formula is C13H18N2O4. The first kappa shape index (κ1) is 12.4. The van der Waals surface area contributed by atoms with Gasteiger partial charge >= 0.3 is 5.97 Å². The molecule has 3 rings (SSSR count). The van der Waals surface area contributed by atoms with E-state index in [1.807, 2.05) is 0 Å². The van der Waals surface area contributed by atoms with Crippen LogP contribution in [0.4, 0.5) is 0 Å². The molecule has 2 unspecified atom stereocenters. The number of carboxylic acids is 1. The fourth-order valence-electron chi connectivity index (χ4n) is 3.28. The summed E-state index contributed by atoms with van der Waals surface area (Å²) in [6.07, 6.45) is 2.72. The Kier molecular flexibility index (Phi) is 2.76. The molecular weight excluding hydrogens is 248 g/mol. The van der Waals surface area contributed by atoms with Crippen LogP contribution in [0.5, 0.6) is 0 Å². The minimum absolute atomic E-state index is 0.0143. The van der Waals surface area contributed by atoms with E-state index in [0.29, 0.717) is 25.9 Å². The van der Waals surface area contributed by atoms with Crippen molar-refractivity contribution in [2.24, 2.45) is 17.3 Å². The number of hydrogen-bond acceptors (Lipinski definition) is 3. The van der Waals surface area contributed by atoms with Gasteiger partial charge in [0, 0.05) is 26.1 Å². The first-order valence-electron chi connectivity index (χ1n) is 6.79. The molecule has 3 fully saturated rings. The zero-order valence-corrected chi connectivity index (χ0v) is 10.7. The van der Waals surface area contributed by atoms with E-state index < -0.39 is 11.9 Å². The highest BCUT2D eigenvalue weighted by atomic mass is 16.4. The molecule has 1 spiro atoms. The van der Waals surface area contributed by atoms with Gasteiger partial charge in [0.15, 0.2) is 0 Å². The maximum atomic E-state index is 12.1. The van der Waals surface area contributed by atoms with Crippen LogP contribution in [0.15, 0.2) is 0 Å². The number of amides is 2. The van der Waals surface area contributed by atoms with Crippen LogP contribution in [0, 0.1) is 17.3 Å². The van der Waals surface area contributed by atoms with Gasteiger partial charge in [-0.3, -0.25) is 14.4 Å². The molecule has 0 radical (unpaired) electrons. The van der Waals surface area contributed by atoms with Gasteiger partial charge in [-0.05, 0) is 24.7 Å². The van der Waals surface area contributed by atoms with Crippen molar-refractivity contribution < 1.29 is 19.5 Å². The van der Waals surface area contributed by atoms with Gasteiger partial charge in [-0.15, -0.1) is 0 Å². The molecule has 0 aromatic carbocycles. The average Bonchev–Trinajstić information content (AvgIpc) is 3.11. The monoisotopic (exact) mass is 266 g/mol. The lowest BCUT2D eigenvalue weighted by Crippen LogP contribution is -2.44. The van der Waals surface area contributed by atoms with Gasteiger partial charge in [-0.25, -0.2) is 0 Å². The predicted octanol–water partition coefficient (Wildman–Crippen LogP) is -0.164. The molecule has 2 amide bonds. The fourth-order valence-corrected chi connectivity index (χ4v) is 3.28. The Balaban J connectivity index is 1.55. The molecule has 2 N–H and O–H groups in total. The highest BCUT2D eigenvalue weighted by Crippen LogP contribution is 2.42. The summed E-state index contributed by atoms with van der Waals surface area (Å²) in [5.74, 6) is -1.56. The molecule has 2 heterocycles. The highest BCUT2D eigenvalue weighted by Gasteiger charge is 2.51. The molecule has 2 saturated heterocycles. The lowest BCUT2D eigenvalue weighted by Gasteiger charge is -2.38. The van der Waals surface area contributed by atoms with Crippen molar-refractivity contribution in [2.45, 2.75) is 25.7 Å². The number of piperidine rings is 1. The number of carboxylic acid groups (broad SMARTS) is 1. The third-order valence-corrected chi connectivity index (χ3v) is 4.76. The summed E-state index contributed by atoms with van der Waals surface area (Å²) in [6.45, 7) is 2.02. The summed E-state index contributed by atoms with van der Waals surface area (Å²) in [5.41, 5.74) is 0.0314. The second-order valence-corrected chi connectivity index (χ2v) is 6.07. The maximum Gasteiger partial charge on any atom is 0.307 e. The van der Waals surface area contributed by atoms with E-state index in [-0.39, 0.29) is 23.1 Å². The molecule has 1 saturated carbocycles. The SMILES string of the molecule is O=C1CC2(CCN(C(=O)C3CC3C(=O)O)CC2)CN1. The number of rotatable bonds is 2. The Bertz CT molecular complexity index is 440. The normalized spacial score (nSPS) is 32.2. The summed E-state index contributed by atoms with van der Waals surface area (Å²) < 4.78 is 0. The summed E-state index contributed by atoms with van der Waals surface area (Å²) >= 11 is 0. The van der Waals surface area contributed by atoms with Crippen LogP contribution >= 0.6 is 0 Å². The van der Waals surface area contributed by atoms with Crippen LogP contribution in [-0.2, 0) is 14.4 Å². The smallest absolute Gasteiger partial charge is 0.307 e. The summed E-state index contributed by atoms with van der Waals surface area (Å²) in [5, 5.41) is 11.7. The van der Waals surface area contributed by atoms with Crippen molar-refractivity contribution in [3.05, 3.63) is 0 Å². The summed E-state index contributed by atoms with van der Waals surface area (Å²) in [4.78, 5) is 36.0. The number of likely N-dealkylation sites (tertiary alicyclic amines) is 1. The number of aliphatic carboxylic acids is 1. The van der Waals surface area contributed by atoms with E-state index in [1.165, 1.54) is 0 Å². The van der Waals surface area contributed by atoms with Crippen LogP contribution in [0.2, 0.25) is 0 Å². The molecule has 104 valence electrons. The molecule has 6 heteroatoms. The third-order valence-electron chi connectivity index (χ3n) is 4.76. The lowest BCUT2D eigenvalue weighted by atomic mass is 9.77. The van der Waals surface area contributed by atoms with Gasteiger partial charge in [0.1, 0.15) is 0 Å². The van der Waals surface area contributed by atoms with Crippen molar-refractivity contribution in [3.63, 3.8) is 0 Å². The van der Waals surface area contributed by atoms with Crippen LogP contribution in [0.3, 0.4) is 0 Å². The Morgan fingerprint density at radius 1 is 1.26 bits per heavy atom. The molecule has 6 nitrogen and oxygen atoms in total. The number of nitrogens with zero attached hydrogens (tertiary/aromatic N) is 1. The quantitative estimate of drug-likeness (QED) is 0.727. The predicted molar refractivity (Wildman–Crippen MR) is 65.1 cm³/mol. The maximum absolute atomic E-state index is 12.1. The molecule has 0 aromatic heterocycles. The van der Waals surface area contributed by atoms with Gasteiger partial charge in [0.05, 0.1) is 11.8 Å². The first-order chi connectivity index (χ1) is 9.01. The van der Waals surface area contributed by atoms with Crippen LogP contribution in [0.1, 0.15) is 25.7 Å².